The lowest BCUT2D eigenvalue weighted by atomic mass is 10.1. The van der Waals surface area contributed by atoms with Crippen LogP contribution in [0.4, 0.5) is 5.69 Å². The molecule has 27 heavy (non-hydrogen) atoms. The van der Waals surface area contributed by atoms with Gasteiger partial charge in [0.1, 0.15) is 12.4 Å². The third-order valence-corrected chi connectivity index (χ3v) is 4.67. The van der Waals surface area contributed by atoms with E-state index < -0.39 is 0 Å². The Bertz CT molecular complexity index is 700. The van der Waals surface area contributed by atoms with Crippen LogP contribution in [-0.4, -0.2) is 68.5 Å². The molecule has 0 radical (unpaired) electrons. The van der Waals surface area contributed by atoms with Gasteiger partial charge in [0, 0.05) is 39.8 Å². The first kappa shape index (κ1) is 20.8. The molecule has 1 aliphatic rings. The van der Waals surface area contributed by atoms with Gasteiger partial charge in [-0.1, -0.05) is 19.9 Å². The number of anilines is 1. The van der Waals surface area contributed by atoms with E-state index in [4.69, 9.17) is 4.74 Å². The molecule has 6 heteroatoms. The van der Waals surface area contributed by atoms with Gasteiger partial charge in [-0.25, -0.2) is 0 Å². The summed E-state index contributed by atoms with van der Waals surface area (Å²) in [4.78, 5) is 30.5. The van der Waals surface area contributed by atoms with E-state index in [-0.39, 0.29) is 17.9 Å². The standard InChI is InChI=1S/C21H31N3O3/c1-7-10-24(13-15(2)3)20(25)12-17-14-27-19-9-8-16(21(26)22(4)5)11-18(19)23(17)6/h7-9,11,15,17H,1,10,12-14H2,2-6H3/t17-/m1/s1. The molecule has 0 aromatic heterocycles. The minimum Gasteiger partial charge on any atom is -0.489 e. The third-order valence-electron chi connectivity index (χ3n) is 4.67. The number of hydrogen-bond acceptors (Lipinski definition) is 4. The number of fused-ring (bicyclic) bond motifs is 1. The first-order valence-electron chi connectivity index (χ1n) is 9.34. The van der Waals surface area contributed by atoms with E-state index in [1.54, 1.807) is 31.1 Å². The normalized spacial score (nSPS) is 15.8. The van der Waals surface area contributed by atoms with E-state index >= 15 is 0 Å². The molecule has 0 unspecified atom stereocenters. The van der Waals surface area contributed by atoms with Gasteiger partial charge in [-0.15, -0.1) is 6.58 Å². The minimum atomic E-state index is -0.0748. The van der Waals surface area contributed by atoms with Gasteiger partial charge in [0.25, 0.3) is 5.91 Å². The van der Waals surface area contributed by atoms with Gasteiger partial charge in [0.2, 0.25) is 5.91 Å². The number of nitrogens with zero attached hydrogens (tertiary/aromatic N) is 3. The maximum Gasteiger partial charge on any atom is 0.253 e. The Labute approximate surface area is 162 Å². The number of hydrogen-bond donors (Lipinski definition) is 0. The molecular weight excluding hydrogens is 342 g/mol. The zero-order valence-corrected chi connectivity index (χ0v) is 17.1. The lowest BCUT2D eigenvalue weighted by Crippen LogP contribution is -2.45. The summed E-state index contributed by atoms with van der Waals surface area (Å²) >= 11 is 0. The highest BCUT2D eigenvalue weighted by molar-refractivity contribution is 5.95. The molecule has 1 heterocycles. The maximum absolute atomic E-state index is 12.8. The Hall–Kier alpha value is -2.50. The Morgan fingerprint density at radius 3 is 2.67 bits per heavy atom. The van der Waals surface area contributed by atoms with Crippen LogP contribution in [0.1, 0.15) is 30.6 Å². The Morgan fingerprint density at radius 1 is 1.37 bits per heavy atom. The highest BCUT2D eigenvalue weighted by Crippen LogP contribution is 2.34. The molecule has 2 rings (SSSR count). The summed E-state index contributed by atoms with van der Waals surface area (Å²) in [5.41, 5.74) is 1.44. The van der Waals surface area contributed by atoms with Crippen LogP contribution in [0.3, 0.4) is 0 Å². The fourth-order valence-corrected chi connectivity index (χ4v) is 3.20. The molecule has 1 aliphatic heterocycles. The molecule has 1 aromatic carbocycles. The second kappa shape index (κ2) is 8.93. The third kappa shape index (κ3) is 5.02. The first-order valence-corrected chi connectivity index (χ1v) is 9.34. The summed E-state index contributed by atoms with van der Waals surface area (Å²) in [7, 11) is 5.41. The minimum absolute atomic E-state index is 0.0570. The summed E-state index contributed by atoms with van der Waals surface area (Å²) in [5, 5.41) is 0. The summed E-state index contributed by atoms with van der Waals surface area (Å²) < 4.78 is 5.87. The Morgan fingerprint density at radius 2 is 2.07 bits per heavy atom. The van der Waals surface area contributed by atoms with E-state index in [1.165, 1.54) is 0 Å². The molecule has 0 saturated carbocycles. The quantitative estimate of drug-likeness (QED) is 0.690. The molecule has 0 saturated heterocycles. The largest absolute Gasteiger partial charge is 0.489 e. The number of likely N-dealkylation sites (N-methyl/N-ethyl adjacent to an activating group) is 1. The van der Waals surface area contributed by atoms with E-state index in [2.05, 4.69) is 20.4 Å². The second-order valence-electron chi connectivity index (χ2n) is 7.64. The number of ether oxygens (including phenoxy) is 1. The Balaban J connectivity index is 2.16. The van der Waals surface area contributed by atoms with Gasteiger partial charge in [-0.2, -0.15) is 0 Å². The molecule has 0 spiro atoms. The van der Waals surface area contributed by atoms with Crippen molar-refractivity contribution in [3.05, 3.63) is 36.4 Å². The number of amides is 2. The monoisotopic (exact) mass is 373 g/mol. The van der Waals surface area contributed by atoms with Gasteiger partial charge in [-0.3, -0.25) is 9.59 Å². The van der Waals surface area contributed by atoms with Crippen LogP contribution in [0, 0.1) is 5.92 Å². The maximum atomic E-state index is 12.8. The molecule has 6 nitrogen and oxygen atoms in total. The molecule has 0 N–H and O–H groups in total. The molecule has 1 atom stereocenters. The highest BCUT2D eigenvalue weighted by atomic mass is 16.5. The average molecular weight is 373 g/mol. The smallest absolute Gasteiger partial charge is 0.253 e. The molecular formula is C21H31N3O3. The summed E-state index contributed by atoms with van der Waals surface area (Å²) in [6.07, 6.45) is 2.12. The van der Waals surface area contributed by atoms with Crippen LogP contribution in [-0.2, 0) is 4.79 Å². The van der Waals surface area contributed by atoms with E-state index in [0.29, 0.717) is 37.6 Å². The number of benzene rings is 1. The predicted octanol–water partition coefficient (Wildman–Crippen LogP) is 2.65. The fourth-order valence-electron chi connectivity index (χ4n) is 3.20. The van der Waals surface area contributed by atoms with E-state index in [1.807, 2.05) is 29.0 Å². The summed E-state index contributed by atoms with van der Waals surface area (Å²) in [5.74, 6) is 1.17. The summed E-state index contributed by atoms with van der Waals surface area (Å²) in [6, 6.07) is 5.36. The van der Waals surface area contributed by atoms with Crippen molar-refractivity contribution in [3.8, 4) is 5.75 Å². The van der Waals surface area contributed by atoms with Crippen molar-refractivity contribution in [1.82, 2.24) is 9.80 Å². The highest BCUT2D eigenvalue weighted by Gasteiger charge is 2.29. The molecule has 1 aromatic rings. The number of carbonyl (C=O) groups is 2. The van der Waals surface area contributed by atoms with Crippen molar-refractivity contribution in [2.24, 2.45) is 5.92 Å². The zero-order chi connectivity index (χ0) is 20.1. The van der Waals surface area contributed by atoms with Gasteiger partial charge in [-0.05, 0) is 24.1 Å². The Kier molecular flexibility index (Phi) is 6.88. The van der Waals surface area contributed by atoms with Gasteiger partial charge in [0.15, 0.2) is 0 Å². The van der Waals surface area contributed by atoms with Crippen molar-refractivity contribution < 1.29 is 14.3 Å². The van der Waals surface area contributed by atoms with Crippen molar-refractivity contribution >= 4 is 17.5 Å². The van der Waals surface area contributed by atoms with Crippen LogP contribution in [0.2, 0.25) is 0 Å². The van der Waals surface area contributed by atoms with Gasteiger partial charge >= 0.3 is 0 Å². The van der Waals surface area contributed by atoms with Crippen molar-refractivity contribution in [1.29, 1.82) is 0 Å². The second-order valence-corrected chi connectivity index (χ2v) is 7.64. The molecule has 2 amide bonds. The van der Waals surface area contributed by atoms with Crippen LogP contribution >= 0.6 is 0 Å². The van der Waals surface area contributed by atoms with Crippen LogP contribution < -0.4 is 9.64 Å². The van der Waals surface area contributed by atoms with Crippen LogP contribution in [0.15, 0.2) is 30.9 Å². The van der Waals surface area contributed by atoms with Crippen molar-refractivity contribution in [3.63, 3.8) is 0 Å². The topological polar surface area (TPSA) is 53.1 Å². The van der Waals surface area contributed by atoms with Crippen LogP contribution in [0.25, 0.3) is 0 Å². The van der Waals surface area contributed by atoms with Gasteiger partial charge in [0.05, 0.1) is 18.2 Å². The fraction of sp³-hybridized carbons (Fsp3) is 0.524. The average Bonchev–Trinajstić information content (AvgIpc) is 2.62. The molecule has 0 aliphatic carbocycles. The van der Waals surface area contributed by atoms with Gasteiger partial charge < -0.3 is 19.4 Å². The zero-order valence-electron chi connectivity index (χ0n) is 17.1. The molecule has 148 valence electrons. The number of rotatable bonds is 7. The lowest BCUT2D eigenvalue weighted by Gasteiger charge is -2.37. The van der Waals surface area contributed by atoms with Crippen LogP contribution in [0.5, 0.6) is 5.75 Å². The van der Waals surface area contributed by atoms with Crippen molar-refractivity contribution in [2.75, 3.05) is 45.7 Å². The lowest BCUT2D eigenvalue weighted by molar-refractivity contribution is -0.131. The summed E-state index contributed by atoms with van der Waals surface area (Å²) in [6.45, 7) is 9.65. The predicted molar refractivity (Wildman–Crippen MR) is 108 cm³/mol. The van der Waals surface area contributed by atoms with Crippen molar-refractivity contribution in [2.45, 2.75) is 26.3 Å². The molecule has 0 bridgehead atoms. The van der Waals surface area contributed by atoms with E-state index in [9.17, 15) is 9.59 Å². The SMILES string of the molecule is C=CCN(CC(C)C)C(=O)C[C@@H]1COc2ccc(C(=O)N(C)C)cc2N1C. The van der Waals surface area contributed by atoms with E-state index in [0.717, 1.165) is 11.4 Å². The number of carbonyl (C=O) groups excluding carboxylic acids is 2. The first-order chi connectivity index (χ1) is 12.7. The molecule has 0 fully saturated rings.